The number of ketones is 1. The highest BCUT2D eigenvalue weighted by Crippen LogP contribution is 2.10. The summed E-state index contributed by atoms with van der Waals surface area (Å²) >= 11 is 0. The van der Waals surface area contributed by atoms with Crippen LogP contribution in [-0.4, -0.2) is 46.0 Å². The zero-order chi connectivity index (χ0) is 16.5. The van der Waals surface area contributed by atoms with Gasteiger partial charge < -0.3 is 9.88 Å². The first-order valence-electron chi connectivity index (χ1n) is 7.32. The zero-order valence-corrected chi connectivity index (χ0v) is 13.0. The number of nitrogens with zero attached hydrogens (tertiary/aromatic N) is 2. The molecule has 1 aromatic rings. The minimum absolute atomic E-state index is 0.0757. The van der Waals surface area contributed by atoms with Gasteiger partial charge in [0.15, 0.2) is 5.78 Å². The van der Waals surface area contributed by atoms with Gasteiger partial charge in [-0.1, -0.05) is 19.8 Å². The molecule has 0 fully saturated rings. The Morgan fingerprint density at radius 2 is 2.23 bits per heavy atom. The molecular formula is C15H23N3O4. The Balaban J connectivity index is 2.56. The smallest absolute Gasteiger partial charge is 0.233 e. The molecule has 0 aliphatic carbocycles. The van der Waals surface area contributed by atoms with E-state index in [9.17, 15) is 19.6 Å². The molecule has 1 rings (SSSR count). The highest BCUT2D eigenvalue weighted by atomic mass is 16.5. The lowest BCUT2D eigenvalue weighted by molar-refractivity contribution is -0.154. The molecule has 0 saturated carbocycles. The molecule has 1 aromatic heterocycles. The highest BCUT2D eigenvalue weighted by molar-refractivity contribution is 5.98. The SMILES string of the molecule is CCCCC(CN(O)C=O)C(=O)NCC(=O)c1cccn1C. The average molecular weight is 309 g/mol. The number of rotatable bonds is 10. The number of aryl methyl sites for hydroxylation is 1. The molecule has 0 spiro atoms. The van der Waals surface area contributed by atoms with Crippen molar-refractivity contribution in [2.45, 2.75) is 26.2 Å². The summed E-state index contributed by atoms with van der Waals surface area (Å²) < 4.78 is 1.69. The van der Waals surface area contributed by atoms with E-state index in [0.717, 1.165) is 12.8 Å². The molecular weight excluding hydrogens is 286 g/mol. The van der Waals surface area contributed by atoms with Gasteiger partial charge >= 0.3 is 0 Å². The van der Waals surface area contributed by atoms with Gasteiger partial charge in [-0.2, -0.15) is 0 Å². The van der Waals surface area contributed by atoms with E-state index in [1.165, 1.54) is 0 Å². The van der Waals surface area contributed by atoms with Crippen LogP contribution in [0.3, 0.4) is 0 Å². The van der Waals surface area contributed by atoms with Crippen molar-refractivity contribution in [3.63, 3.8) is 0 Å². The number of hydrogen-bond acceptors (Lipinski definition) is 4. The van der Waals surface area contributed by atoms with Gasteiger partial charge in [0, 0.05) is 13.2 Å². The fourth-order valence-electron chi connectivity index (χ4n) is 2.18. The van der Waals surface area contributed by atoms with Crippen molar-refractivity contribution >= 4 is 18.1 Å². The Morgan fingerprint density at radius 1 is 1.50 bits per heavy atom. The first-order valence-corrected chi connectivity index (χ1v) is 7.32. The molecule has 122 valence electrons. The largest absolute Gasteiger partial charge is 0.348 e. The third kappa shape index (κ3) is 5.33. The summed E-state index contributed by atoms with van der Waals surface area (Å²) in [6, 6.07) is 3.44. The number of unbranched alkanes of at least 4 members (excludes halogenated alkanes) is 1. The van der Waals surface area contributed by atoms with Crippen LogP contribution in [0.5, 0.6) is 0 Å². The number of nitrogens with one attached hydrogen (secondary N) is 1. The van der Waals surface area contributed by atoms with Crippen molar-refractivity contribution in [2.75, 3.05) is 13.1 Å². The molecule has 0 saturated heterocycles. The van der Waals surface area contributed by atoms with Gasteiger partial charge in [-0.25, -0.2) is 5.06 Å². The molecule has 7 nitrogen and oxygen atoms in total. The summed E-state index contributed by atoms with van der Waals surface area (Å²) in [5, 5.41) is 12.3. The van der Waals surface area contributed by atoms with E-state index in [-0.39, 0.29) is 31.2 Å². The van der Waals surface area contributed by atoms with E-state index < -0.39 is 5.92 Å². The van der Waals surface area contributed by atoms with Gasteiger partial charge in [0.05, 0.1) is 24.7 Å². The van der Waals surface area contributed by atoms with Crippen molar-refractivity contribution in [3.8, 4) is 0 Å². The second-order valence-electron chi connectivity index (χ2n) is 5.21. The number of hydroxylamine groups is 2. The standard InChI is InChI=1S/C15H23N3O4/c1-3-4-6-12(10-18(22)11-19)15(21)16-9-14(20)13-7-5-8-17(13)2/h5,7-8,11-12,22H,3-4,6,9-10H2,1-2H3,(H,16,21). The second-order valence-corrected chi connectivity index (χ2v) is 5.21. The first-order chi connectivity index (χ1) is 10.5. The van der Waals surface area contributed by atoms with E-state index in [0.29, 0.717) is 17.2 Å². The van der Waals surface area contributed by atoms with Crippen LogP contribution in [0.25, 0.3) is 0 Å². The maximum absolute atomic E-state index is 12.1. The Hall–Kier alpha value is -2.15. The van der Waals surface area contributed by atoms with Gasteiger partial charge in [-0.3, -0.25) is 19.6 Å². The van der Waals surface area contributed by atoms with Crippen LogP contribution in [0.2, 0.25) is 0 Å². The average Bonchev–Trinajstić information content (AvgIpc) is 2.94. The topological polar surface area (TPSA) is 91.6 Å². The molecule has 7 heteroatoms. The van der Waals surface area contributed by atoms with Crippen LogP contribution in [-0.2, 0) is 16.6 Å². The van der Waals surface area contributed by atoms with E-state index in [4.69, 9.17) is 0 Å². The monoisotopic (exact) mass is 309 g/mol. The molecule has 2 amide bonds. The Morgan fingerprint density at radius 3 is 2.77 bits per heavy atom. The van der Waals surface area contributed by atoms with Gasteiger partial charge in [0.2, 0.25) is 12.3 Å². The zero-order valence-electron chi connectivity index (χ0n) is 13.0. The van der Waals surface area contributed by atoms with Gasteiger partial charge in [0.1, 0.15) is 0 Å². The fourth-order valence-corrected chi connectivity index (χ4v) is 2.18. The number of aromatic nitrogens is 1. The Kier molecular flexibility index (Phi) is 7.31. The summed E-state index contributed by atoms with van der Waals surface area (Å²) in [7, 11) is 1.76. The third-order valence-electron chi connectivity index (χ3n) is 3.46. The van der Waals surface area contributed by atoms with Crippen molar-refractivity contribution < 1.29 is 19.6 Å². The molecule has 1 heterocycles. The van der Waals surface area contributed by atoms with Crippen LogP contribution >= 0.6 is 0 Å². The predicted molar refractivity (Wildman–Crippen MR) is 80.3 cm³/mol. The summed E-state index contributed by atoms with van der Waals surface area (Å²) in [6.45, 7) is 1.81. The van der Waals surface area contributed by atoms with E-state index in [2.05, 4.69) is 5.32 Å². The van der Waals surface area contributed by atoms with E-state index >= 15 is 0 Å². The lowest BCUT2D eigenvalue weighted by Gasteiger charge is -2.19. The quantitative estimate of drug-likeness (QED) is 0.292. The molecule has 0 aliphatic heterocycles. The van der Waals surface area contributed by atoms with Crippen molar-refractivity contribution in [1.82, 2.24) is 14.9 Å². The summed E-state index contributed by atoms with van der Waals surface area (Å²) in [5.74, 6) is -1.06. The predicted octanol–water partition coefficient (Wildman–Crippen LogP) is 0.978. The van der Waals surface area contributed by atoms with Crippen LogP contribution < -0.4 is 5.32 Å². The Bertz CT molecular complexity index is 513. The second kappa shape index (κ2) is 8.99. The van der Waals surface area contributed by atoms with Gasteiger partial charge in [-0.05, 0) is 18.6 Å². The number of carbonyl (C=O) groups is 3. The molecule has 0 radical (unpaired) electrons. The van der Waals surface area contributed by atoms with Crippen LogP contribution in [0.1, 0.15) is 36.7 Å². The first kappa shape index (κ1) is 17.9. The lowest BCUT2D eigenvalue weighted by Crippen LogP contribution is -2.39. The van der Waals surface area contributed by atoms with Crippen LogP contribution in [0.15, 0.2) is 18.3 Å². The minimum Gasteiger partial charge on any atom is -0.348 e. The Labute approximate surface area is 129 Å². The minimum atomic E-state index is -0.531. The lowest BCUT2D eigenvalue weighted by atomic mass is 10.0. The molecule has 0 aromatic carbocycles. The molecule has 22 heavy (non-hydrogen) atoms. The maximum Gasteiger partial charge on any atom is 0.233 e. The molecule has 1 unspecified atom stereocenters. The normalized spacial score (nSPS) is 11.8. The molecule has 2 N–H and O–H groups in total. The van der Waals surface area contributed by atoms with Crippen LogP contribution in [0, 0.1) is 5.92 Å². The van der Waals surface area contributed by atoms with Crippen molar-refractivity contribution in [1.29, 1.82) is 0 Å². The maximum atomic E-state index is 12.1. The molecule has 1 atom stereocenters. The summed E-state index contributed by atoms with van der Waals surface area (Å²) in [6.07, 6.45) is 4.27. The molecule has 0 bridgehead atoms. The van der Waals surface area contributed by atoms with Gasteiger partial charge in [-0.15, -0.1) is 0 Å². The number of amides is 2. The summed E-state index contributed by atoms with van der Waals surface area (Å²) in [4.78, 5) is 34.6. The number of hydrogen-bond donors (Lipinski definition) is 2. The van der Waals surface area contributed by atoms with Crippen molar-refractivity contribution in [2.24, 2.45) is 13.0 Å². The number of Topliss-reactive ketones (excluding diaryl/α,β-unsaturated/α-hetero) is 1. The van der Waals surface area contributed by atoms with E-state index in [1.807, 2.05) is 6.92 Å². The van der Waals surface area contributed by atoms with Crippen LogP contribution in [0.4, 0.5) is 0 Å². The van der Waals surface area contributed by atoms with Gasteiger partial charge in [0.25, 0.3) is 0 Å². The third-order valence-corrected chi connectivity index (χ3v) is 3.46. The number of carbonyl (C=O) groups excluding carboxylic acids is 3. The van der Waals surface area contributed by atoms with E-state index in [1.54, 1.807) is 29.9 Å². The highest BCUT2D eigenvalue weighted by Gasteiger charge is 2.21. The summed E-state index contributed by atoms with van der Waals surface area (Å²) in [5.41, 5.74) is 0.516. The molecule has 0 aliphatic rings. The fraction of sp³-hybridized carbons (Fsp3) is 0.533. The van der Waals surface area contributed by atoms with Crippen molar-refractivity contribution in [3.05, 3.63) is 24.0 Å².